The third-order valence-electron chi connectivity index (χ3n) is 3.68. The maximum atomic E-state index is 5.92. The molecule has 0 aromatic carbocycles. The molecule has 0 saturated carbocycles. The van der Waals surface area contributed by atoms with Crippen molar-refractivity contribution in [2.24, 2.45) is 5.73 Å². The molecule has 1 aliphatic rings. The molecule has 0 bridgehead atoms. The lowest BCUT2D eigenvalue weighted by Gasteiger charge is -2.33. The minimum atomic E-state index is 0.419. The Morgan fingerprint density at radius 1 is 1.53 bits per heavy atom. The van der Waals surface area contributed by atoms with Crippen LogP contribution in [0.15, 0.2) is 22.8 Å². The number of nitrogens with zero attached hydrogens (tertiary/aromatic N) is 2. The fourth-order valence-corrected chi connectivity index (χ4v) is 2.57. The van der Waals surface area contributed by atoms with Crippen molar-refractivity contribution >= 4 is 0 Å². The predicted octanol–water partition coefficient (Wildman–Crippen LogP) is 1.13. The second kappa shape index (κ2) is 5.67. The van der Waals surface area contributed by atoms with Crippen molar-refractivity contribution in [3.63, 3.8) is 0 Å². The van der Waals surface area contributed by atoms with Gasteiger partial charge in [0.2, 0.25) is 0 Å². The molecule has 1 aliphatic heterocycles. The molecule has 2 unspecified atom stereocenters. The zero-order valence-electron chi connectivity index (χ0n) is 10.8. The summed E-state index contributed by atoms with van der Waals surface area (Å²) in [7, 11) is 2.17. The van der Waals surface area contributed by atoms with E-state index in [-0.39, 0.29) is 0 Å². The topological polar surface area (TPSA) is 45.6 Å². The molecule has 1 aromatic rings. The van der Waals surface area contributed by atoms with Gasteiger partial charge >= 0.3 is 0 Å². The van der Waals surface area contributed by atoms with E-state index in [0.29, 0.717) is 18.6 Å². The van der Waals surface area contributed by atoms with Gasteiger partial charge in [-0.2, -0.15) is 0 Å². The Kier molecular flexibility index (Phi) is 4.20. The van der Waals surface area contributed by atoms with Gasteiger partial charge in [-0.25, -0.2) is 0 Å². The van der Waals surface area contributed by atoms with Crippen molar-refractivity contribution < 1.29 is 4.42 Å². The van der Waals surface area contributed by atoms with Gasteiger partial charge in [-0.1, -0.05) is 0 Å². The lowest BCUT2D eigenvalue weighted by molar-refractivity contribution is 0.129. The van der Waals surface area contributed by atoms with E-state index in [1.807, 2.05) is 12.1 Å². The molecule has 0 radical (unpaired) electrons. The highest BCUT2D eigenvalue weighted by molar-refractivity contribution is 4.99. The third-order valence-corrected chi connectivity index (χ3v) is 3.68. The van der Waals surface area contributed by atoms with Crippen LogP contribution in [0.3, 0.4) is 0 Å². The third kappa shape index (κ3) is 3.09. The van der Waals surface area contributed by atoms with E-state index in [1.165, 1.54) is 6.42 Å². The SMILES string of the molecule is CC1CCN(C)CC(CN)N1Cc1ccco1. The first kappa shape index (κ1) is 12.6. The highest BCUT2D eigenvalue weighted by atomic mass is 16.3. The molecule has 2 heterocycles. The maximum Gasteiger partial charge on any atom is 0.117 e. The summed E-state index contributed by atoms with van der Waals surface area (Å²) in [5.74, 6) is 1.03. The van der Waals surface area contributed by atoms with Crippen LogP contribution >= 0.6 is 0 Å². The molecule has 2 N–H and O–H groups in total. The van der Waals surface area contributed by atoms with Crippen LogP contribution < -0.4 is 5.73 Å². The van der Waals surface area contributed by atoms with Crippen LogP contribution in [0.2, 0.25) is 0 Å². The van der Waals surface area contributed by atoms with Crippen LogP contribution in [0.25, 0.3) is 0 Å². The molecule has 0 amide bonds. The highest BCUT2D eigenvalue weighted by Gasteiger charge is 2.27. The lowest BCUT2D eigenvalue weighted by atomic mass is 10.1. The minimum absolute atomic E-state index is 0.419. The summed E-state index contributed by atoms with van der Waals surface area (Å²) in [5.41, 5.74) is 5.92. The van der Waals surface area contributed by atoms with Crippen molar-refractivity contribution in [2.75, 3.05) is 26.7 Å². The first-order chi connectivity index (χ1) is 8.20. The molecule has 4 heteroatoms. The second-order valence-corrected chi connectivity index (χ2v) is 5.04. The standard InChI is InChI=1S/C13H23N3O/c1-11-5-6-15(2)9-12(8-14)16(11)10-13-4-3-7-17-13/h3-4,7,11-12H,5-6,8-10,14H2,1-2H3. The predicted molar refractivity (Wildman–Crippen MR) is 68.7 cm³/mol. The van der Waals surface area contributed by atoms with E-state index in [1.54, 1.807) is 6.26 Å². The average molecular weight is 237 g/mol. The van der Waals surface area contributed by atoms with Gasteiger partial charge in [0.15, 0.2) is 0 Å². The van der Waals surface area contributed by atoms with Crippen molar-refractivity contribution in [3.05, 3.63) is 24.2 Å². The number of rotatable bonds is 3. The first-order valence-corrected chi connectivity index (χ1v) is 6.37. The molecule has 2 rings (SSSR count). The van der Waals surface area contributed by atoms with Crippen LogP contribution in [-0.4, -0.2) is 48.6 Å². The summed E-state index contributed by atoms with van der Waals surface area (Å²) in [5, 5.41) is 0. The van der Waals surface area contributed by atoms with E-state index < -0.39 is 0 Å². The van der Waals surface area contributed by atoms with Gasteiger partial charge in [-0.3, -0.25) is 4.90 Å². The average Bonchev–Trinajstić information content (AvgIpc) is 2.78. The number of nitrogens with two attached hydrogens (primary N) is 1. The van der Waals surface area contributed by atoms with Crippen molar-refractivity contribution in [1.82, 2.24) is 9.80 Å². The van der Waals surface area contributed by atoms with Gasteiger partial charge in [-0.15, -0.1) is 0 Å². The zero-order chi connectivity index (χ0) is 12.3. The van der Waals surface area contributed by atoms with Crippen LogP contribution in [0.5, 0.6) is 0 Å². The molecule has 1 fully saturated rings. The summed E-state index contributed by atoms with van der Waals surface area (Å²) in [6.45, 7) is 6.04. The summed E-state index contributed by atoms with van der Waals surface area (Å²) < 4.78 is 5.45. The largest absolute Gasteiger partial charge is 0.468 e. The quantitative estimate of drug-likeness (QED) is 0.856. The molecule has 2 atom stereocenters. The Labute approximate surface area is 103 Å². The van der Waals surface area contributed by atoms with Gasteiger partial charge in [0.25, 0.3) is 0 Å². The lowest BCUT2D eigenvalue weighted by Crippen LogP contribution is -2.47. The normalized spacial score (nSPS) is 28.2. The number of likely N-dealkylation sites (N-methyl/N-ethyl adjacent to an activating group) is 1. The Morgan fingerprint density at radius 3 is 3.00 bits per heavy atom. The summed E-state index contributed by atoms with van der Waals surface area (Å²) in [4.78, 5) is 4.85. The van der Waals surface area contributed by atoms with E-state index >= 15 is 0 Å². The molecule has 17 heavy (non-hydrogen) atoms. The number of hydrogen-bond acceptors (Lipinski definition) is 4. The van der Waals surface area contributed by atoms with Crippen molar-refractivity contribution in [2.45, 2.75) is 32.0 Å². The Balaban J connectivity index is 2.09. The van der Waals surface area contributed by atoms with Crippen molar-refractivity contribution in [1.29, 1.82) is 0 Å². The smallest absolute Gasteiger partial charge is 0.117 e. The van der Waals surface area contributed by atoms with Gasteiger partial charge in [0.1, 0.15) is 5.76 Å². The van der Waals surface area contributed by atoms with Crippen LogP contribution in [0.4, 0.5) is 0 Å². The molecule has 96 valence electrons. The number of hydrogen-bond donors (Lipinski definition) is 1. The van der Waals surface area contributed by atoms with Crippen molar-refractivity contribution in [3.8, 4) is 0 Å². The Bertz CT molecular complexity index is 325. The first-order valence-electron chi connectivity index (χ1n) is 6.37. The summed E-state index contributed by atoms with van der Waals surface area (Å²) in [6, 6.07) is 4.96. The monoisotopic (exact) mass is 237 g/mol. The molecular formula is C13H23N3O. The molecule has 4 nitrogen and oxygen atoms in total. The van der Waals surface area contributed by atoms with E-state index in [0.717, 1.165) is 25.4 Å². The molecular weight excluding hydrogens is 214 g/mol. The molecule has 1 aromatic heterocycles. The maximum absolute atomic E-state index is 5.92. The molecule has 1 saturated heterocycles. The highest BCUT2D eigenvalue weighted by Crippen LogP contribution is 2.18. The minimum Gasteiger partial charge on any atom is -0.468 e. The van der Waals surface area contributed by atoms with E-state index in [2.05, 4.69) is 23.8 Å². The fourth-order valence-electron chi connectivity index (χ4n) is 2.57. The van der Waals surface area contributed by atoms with E-state index in [4.69, 9.17) is 10.2 Å². The second-order valence-electron chi connectivity index (χ2n) is 5.04. The Hall–Kier alpha value is -0.840. The van der Waals surface area contributed by atoms with Crippen LogP contribution in [0.1, 0.15) is 19.1 Å². The van der Waals surface area contributed by atoms with E-state index in [9.17, 15) is 0 Å². The molecule has 0 spiro atoms. The van der Waals surface area contributed by atoms with Gasteiger partial charge < -0.3 is 15.1 Å². The molecule has 0 aliphatic carbocycles. The van der Waals surface area contributed by atoms with Crippen LogP contribution in [-0.2, 0) is 6.54 Å². The number of furan rings is 1. The fraction of sp³-hybridized carbons (Fsp3) is 0.692. The van der Waals surface area contributed by atoms with Gasteiger partial charge in [0, 0.05) is 25.2 Å². The van der Waals surface area contributed by atoms with Gasteiger partial charge in [0.05, 0.1) is 12.8 Å². The van der Waals surface area contributed by atoms with Gasteiger partial charge in [-0.05, 0) is 39.1 Å². The Morgan fingerprint density at radius 2 is 2.35 bits per heavy atom. The summed E-state index contributed by atoms with van der Waals surface area (Å²) >= 11 is 0. The zero-order valence-corrected chi connectivity index (χ0v) is 10.8. The van der Waals surface area contributed by atoms with Crippen LogP contribution in [0, 0.1) is 0 Å². The summed E-state index contributed by atoms with van der Waals surface area (Å²) in [6.07, 6.45) is 2.93.